The van der Waals surface area contributed by atoms with Crippen LogP contribution in [0.15, 0.2) is 42.5 Å². The maximum Gasteiger partial charge on any atom is 0.255 e. The number of nitrogen functional groups attached to an aromatic ring is 1. The van der Waals surface area contributed by atoms with Crippen LogP contribution in [0.2, 0.25) is 5.02 Å². The van der Waals surface area contributed by atoms with Crippen LogP contribution in [0.3, 0.4) is 0 Å². The molecule has 5 heteroatoms. The lowest BCUT2D eigenvalue weighted by atomic mass is 10.1. The van der Waals surface area contributed by atoms with Crippen LogP contribution < -0.4 is 16.0 Å². The Morgan fingerprint density at radius 2 is 1.90 bits per heavy atom. The third-order valence-electron chi connectivity index (χ3n) is 2.83. The summed E-state index contributed by atoms with van der Waals surface area (Å²) in [6.45, 7) is 0. The Morgan fingerprint density at radius 1 is 1.20 bits per heavy atom. The van der Waals surface area contributed by atoms with E-state index in [9.17, 15) is 4.79 Å². The number of nitrogens with two attached hydrogens (primary N) is 1. The quantitative estimate of drug-likeness (QED) is 0.853. The molecule has 4 nitrogen and oxygen atoms in total. The van der Waals surface area contributed by atoms with Crippen molar-refractivity contribution in [2.75, 3.05) is 30.0 Å². The standard InChI is InChI=1S/C15H16ClN3O/c1-19(2)14-12(16)7-4-8-13(14)18-15(20)10-5-3-6-11(17)9-10/h3-9H,17H2,1-2H3,(H,18,20). The average molecular weight is 290 g/mol. The van der Waals surface area contributed by atoms with E-state index < -0.39 is 0 Å². The summed E-state index contributed by atoms with van der Waals surface area (Å²) in [5.41, 5.74) is 8.18. The van der Waals surface area contributed by atoms with E-state index in [1.165, 1.54) is 0 Å². The minimum atomic E-state index is -0.220. The molecule has 0 heterocycles. The van der Waals surface area contributed by atoms with Gasteiger partial charge in [0.05, 0.1) is 16.4 Å². The average Bonchev–Trinajstić information content (AvgIpc) is 2.38. The lowest BCUT2D eigenvalue weighted by Gasteiger charge is -2.19. The van der Waals surface area contributed by atoms with E-state index in [1.807, 2.05) is 25.1 Å². The fourth-order valence-electron chi connectivity index (χ4n) is 1.95. The molecule has 20 heavy (non-hydrogen) atoms. The predicted octanol–water partition coefficient (Wildman–Crippen LogP) is 3.24. The van der Waals surface area contributed by atoms with E-state index in [0.29, 0.717) is 22.0 Å². The molecule has 104 valence electrons. The van der Waals surface area contributed by atoms with Gasteiger partial charge >= 0.3 is 0 Å². The van der Waals surface area contributed by atoms with E-state index >= 15 is 0 Å². The number of benzene rings is 2. The second kappa shape index (κ2) is 5.84. The molecule has 2 rings (SSSR count). The number of hydrogen-bond donors (Lipinski definition) is 2. The molecule has 1 amide bonds. The molecule has 0 fully saturated rings. The van der Waals surface area contributed by atoms with Crippen LogP contribution in [0.5, 0.6) is 0 Å². The summed E-state index contributed by atoms with van der Waals surface area (Å²) < 4.78 is 0. The lowest BCUT2D eigenvalue weighted by molar-refractivity contribution is 0.102. The van der Waals surface area contributed by atoms with Gasteiger partial charge < -0.3 is 16.0 Å². The van der Waals surface area contributed by atoms with Gasteiger partial charge in [-0.3, -0.25) is 4.79 Å². The Hall–Kier alpha value is -2.20. The maximum absolute atomic E-state index is 12.2. The second-order valence-corrected chi connectivity index (χ2v) is 5.02. The Bertz CT molecular complexity index is 641. The fourth-order valence-corrected chi connectivity index (χ4v) is 2.29. The van der Waals surface area contributed by atoms with Crippen LogP contribution in [0.25, 0.3) is 0 Å². The van der Waals surface area contributed by atoms with Gasteiger partial charge in [-0.15, -0.1) is 0 Å². The Morgan fingerprint density at radius 3 is 2.55 bits per heavy atom. The van der Waals surface area contributed by atoms with Gasteiger partial charge in [-0.05, 0) is 30.3 Å². The minimum absolute atomic E-state index is 0.220. The van der Waals surface area contributed by atoms with Gasteiger partial charge in [0.25, 0.3) is 5.91 Å². The van der Waals surface area contributed by atoms with Crippen LogP contribution in [0.1, 0.15) is 10.4 Å². The molecule has 2 aromatic rings. The Kier molecular flexibility index (Phi) is 4.15. The summed E-state index contributed by atoms with van der Waals surface area (Å²) in [6, 6.07) is 12.2. The number of para-hydroxylation sites is 1. The first kappa shape index (κ1) is 14.2. The Labute approximate surface area is 123 Å². The summed E-state index contributed by atoms with van der Waals surface area (Å²) in [7, 11) is 3.74. The Balaban J connectivity index is 2.31. The van der Waals surface area contributed by atoms with Crippen molar-refractivity contribution in [3.63, 3.8) is 0 Å². The lowest BCUT2D eigenvalue weighted by Crippen LogP contribution is -2.17. The molecular weight excluding hydrogens is 274 g/mol. The number of nitrogens with one attached hydrogen (secondary N) is 1. The molecular formula is C15H16ClN3O. The fraction of sp³-hybridized carbons (Fsp3) is 0.133. The highest BCUT2D eigenvalue weighted by molar-refractivity contribution is 6.34. The third-order valence-corrected chi connectivity index (χ3v) is 3.14. The van der Waals surface area contributed by atoms with E-state index in [-0.39, 0.29) is 5.91 Å². The molecule has 0 aliphatic rings. The zero-order valence-corrected chi connectivity index (χ0v) is 12.1. The highest BCUT2D eigenvalue weighted by Crippen LogP contribution is 2.32. The van der Waals surface area contributed by atoms with Crippen molar-refractivity contribution in [2.45, 2.75) is 0 Å². The third kappa shape index (κ3) is 3.03. The van der Waals surface area contributed by atoms with Crippen molar-refractivity contribution in [3.05, 3.63) is 53.1 Å². The van der Waals surface area contributed by atoms with Crippen LogP contribution in [0, 0.1) is 0 Å². The summed E-state index contributed by atoms with van der Waals surface area (Å²) >= 11 is 6.17. The summed E-state index contributed by atoms with van der Waals surface area (Å²) in [4.78, 5) is 14.1. The maximum atomic E-state index is 12.2. The first-order valence-electron chi connectivity index (χ1n) is 6.12. The van der Waals surface area contributed by atoms with Gasteiger partial charge in [0.1, 0.15) is 0 Å². The van der Waals surface area contributed by atoms with Crippen LogP contribution in [-0.4, -0.2) is 20.0 Å². The summed E-state index contributed by atoms with van der Waals surface area (Å²) in [6.07, 6.45) is 0. The molecule has 0 saturated carbocycles. The van der Waals surface area contributed by atoms with Gasteiger partial charge in [-0.2, -0.15) is 0 Å². The van der Waals surface area contributed by atoms with Crippen LogP contribution in [0.4, 0.5) is 17.1 Å². The highest BCUT2D eigenvalue weighted by Gasteiger charge is 2.13. The van der Waals surface area contributed by atoms with Crippen molar-refractivity contribution in [1.82, 2.24) is 0 Å². The number of anilines is 3. The topological polar surface area (TPSA) is 58.4 Å². The van der Waals surface area contributed by atoms with Gasteiger partial charge in [-0.1, -0.05) is 23.7 Å². The summed E-state index contributed by atoms with van der Waals surface area (Å²) in [5, 5.41) is 3.44. The highest BCUT2D eigenvalue weighted by atomic mass is 35.5. The predicted molar refractivity (Wildman–Crippen MR) is 84.6 cm³/mol. The molecule has 0 atom stereocenters. The summed E-state index contributed by atoms with van der Waals surface area (Å²) in [5.74, 6) is -0.220. The number of rotatable bonds is 3. The smallest absolute Gasteiger partial charge is 0.255 e. The number of nitrogens with zero attached hydrogens (tertiary/aromatic N) is 1. The molecule has 0 bridgehead atoms. The molecule has 2 aromatic carbocycles. The zero-order valence-electron chi connectivity index (χ0n) is 11.4. The SMILES string of the molecule is CN(C)c1c(Cl)cccc1NC(=O)c1cccc(N)c1. The van der Waals surface area contributed by atoms with Crippen molar-refractivity contribution >= 4 is 34.6 Å². The number of amides is 1. The van der Waals surface area contributed by atoms with Crippen molar-refractivity contribution < 1.29 is 4.79 Å². The molecule has 0 spiro atoms. The largest absolute Gasteiger partial charge is 0.399 e. The van der Waals surface area contributed by atoms with E-state index in [4.69, 9.17) is 17.3 Å². The molecule has 3 N–H and O–H groups in total. The zero-order chi connectivity index (χ0) is 14.7. The van der Waals surface area contributed by atoms with Gasteiger partial charge in [0.15, 0.2) is 0 Å². The molecule has 0 unspecified atom stereocenters. The van der Waals surface area contributed by atoms with Gasteiger partial charge in [0.2, 0.25) is 0 Å². The first-order chi connectivity index (χ1) is 9.49. The molecule has 0 radical (unpaired) electrons. The molecule has 0 aromatic heterocycles. The van der Waals surface area contributed by atoms with Crippen LogP contribution in [-0.2, 0) is 0 Å². The van der Waals surface area contributed by atoms with Crippen molar-refractivity contribution in [1.29, 1.82) is 0 Å². The number of carbonyl (C=O) groups is 1. The molecule has 0 saturated heterocycles. The van der Waals surface area contributed by atoms with Crippen molar-refractivity contribution in [2.24, 2.45) is 0 Å². The number of hydrogen-bond acceptors (Lipinski definition) is 3. The van der Waals surface area contributed by atoms with E-state index in [0.717, 1.165) is 5.69 Å². The first-order valence-corrected chi connectivity index (χ1v) is 6.49. The van der Waals surface area contributed by atoms with E-state index in [1.54, 1.807) is 36.4 Å². The monoisotopic (exact) mass is 289 g/mol. The molecule has 0 aliphatic heterocycles. The van der Waals surface area contributed by atoms with Crippen molar-refractivity contribution in [3.8, 4) is 0 Å². The van der Waals surface area contributed by atoms with E-state index in [2.05, 4.69) is 5.32 Å². The normalized spacial score (nSPS) is 10.2. The number of carbonyl (C=O) groups excluding carboxylic acids is 1. The van der Waals surface area contributed by atoms with Gasteiger partial charge in [-0.25, -0.2) is 0 Å². The minimum Gasteiger partial charge on any atom is -0.399 e. The van der Waals surface area contributed by atoms with Gasteiger partial charge in [0, 0.05) is 25.3 Å². The van der Waals surface area contributed by atoms with Crippen LogP contribution >= 0.6 is 11.6 Å². The second-order valence-electron chi connectivity index (χ2n) is 4.61. The molecule has 0 aliphatic carbocycles. The number of halogens is 1.